The fourth-order valence-corrected chi connectivity index (χ4v) is 1.19. The maximum atomic E-state index is 11.4. The van der Waals surface area contributed by atoms with Crippen LogP contribution in [-0.4, -0.2) is 62.0 Å². The van der Waals surface area contributed by atoms with Crippen LogP contribution in [0.5, 0.6) is 0 Å². The van der Waals surface area contributed by atoms with Crippen molar-refractivity contribution in [3.8, 4) is 0 Å². The molecule has 1 amide bonds. The van der Waals surface area contributed by atoms with E-state index in [1.807, 2.05) is 13.8 Å². The minimum Gasteiger partial charge on any atom is -0.388 e. The molecule has 0 aliphatic carbocycles. The molecule has 5 nitrogen and oxygen atoms in total. The van der Waals surface area contributed by atoms with Crippen LogP contribution in [0.25, 0.3) is 0 Å². The number of amides is 1. The van der Waals surface area contributed by atoms with Gasteiger partial charge in [0.15, 0.2) is 0 Å². The summed E-state index contributed by atoms with van der Waals surface area (Å²) in [7, 11) is 1.50. The highest BCUT2D eigenvalue weighted by molar-refractivity contribution is 5.77. The van der Waals surface area contributed by atoms with Crippen LogP contribution in [0.15, 0.2) is 0 Å². The summed E-state index contributed by atoms with van der Waals surface area (Å²) < 4.78 is 9.80. The summed E-state index contributed by atoms with van der Waals surface area (Å²) in [5.41, 5.74) is 0. The smallest absolute Gasteiger partial charge is 0.248 e. The van der Waals surface area contributed by atoms with Crippen LogP contribution < -0.4 is 0 Å². The lowest BCUT2D eigenvalue weighted by atomic mass is 10.4. The Balaban J connectivity index is 3.62. The Labute approximate surface area is 91.0 Å². The molecule has 1 unspecified atom stereocenters. The van der Waals surface area contributed by atoms with E-state index in [0.29, 0.717) is 13.1 Å². The highest BCUT2D eigenvalue weighted by Gasteiger charge is 2.10. The molecule has 1 N–H and O–H groups in total. The van der Waals surface area contributed by atoms with Gasteiger partial charge in [0.2, 0.25) is 5.91 Å². The van der Waals surface area contributed by atoms with E-state index in [9.17, 15) is 9.90 Å². The zero-order valence-corrected chi connectivity index (χ0v) is 9.73. The van der Waals surface area contributed by atoms with E-state index in [0.717, 1.165) is 0 Å². The number of likely N-dealkylation sites (N-methyl/N-ethyl adjacent to an activating group) is 1. The number of aliphatic hydroxyl groups is 1. The monoisotopic (exact) mass is 219 g/mol. The van der Waals surface area contributed by atoms with Crippen molar-refractivity contribution in [3.63, 3.8) is 0 Å². The molecule has 0 aromatic carbocycles. The Morgan fingerprint density at radius 1 is 1.33 bits per heavy atom. The highest BCUT2D eigenvalue weighted by atomic mass is 16.5. The average molecular weight is 219 g/mol. The number of ether oxygens (including phenoxy) is 2. The predicted molar refractivity (Wildman–Crippen MR) is 56.6 cm³/mol. The van der Waals surface area contributed by atoms with Gasteiger partial charge in [0, 0.05) is 20.2 Å². The first-order chi connectivity index (χ1) is 7.15. The lowest BCUT2D eigenvalue weighted by Gasteiger charge is -2.18. The highest BCUT2D eigenvalue weighted by Crippen LogP contribution is 1.92. The molecule has 0 aliphatic rings. The number of rotatable bonds is 8. The van der Waals surface area contributed by atoms with E-state index in [1.54, 1.807) is 4.90 Å². The summed E-state index contributed by atoms with van der Waals surface area (Å²) >= 11 is 0. The largest absolute Gasteiger partial charge is 0.388 e. The summed E-state index contributed by atoms with van der Waals surface area (Å²) in [6, 6.07) is 0. The van der Waals surface area contributed by atoms with Gasteiger partial charge in [0.25, 0.3) is 0 Å². The van der Waals surface area contributed by atoms with Gasteiger partial charge in [-0.2, -0.15) is 0 Å². The molecule has 0 bridgehead atoms. The van der Waals surface area contributed by atoms with Gasteiger partial charge in [-0.3, -0.25) is 4.79 Å². The number of hydrogen-bond acceptors (Lipinski definition) is 4. The molecule has 90 valence electrons. The fraction of sp³-hybridized carbons (Fsp3) is 0.900. The van der Waals surface area contributed by atoms with Gasteiger partial charge in [-0.05, 0) is 13.8 Å². The van der Waals surface area contributed by atoms with E-state index >= 15 is 0 Å². The predicted octanol–water partition coefficient (Wildman–Crippen LogP) is -0.121. The third kappa shape index (κ3) is 6.43. The van der Waals surface area contributed by atoms with E-state index in [2.05, 4.69) is 0 Å². The van der Waals surface area contributed by atoms with Crippen molar-refractivity contribution in [2.75, 3.05) is 40.0 Å². The number of carbonyl (C=O) groups excluding carboxylic acids is 1. The Bertz CT molecular complexity index is 171. The minimum absolute atomic E-state index is 0.0163. The zero-order valence-electron chi connectivity index (χ0n) is 9.73. The molecule has 0 rings (SSSR count). The molecule has 0 heterocycles. The van der Waals surface area contributed by atoms with Gasteiger partial charge in [0.1, 0.15) is 12.7 Å². The molecule has 0 aliphatic heterocycles. The lowest BCUT2D eigenvalue weighted by molar-refractivity contribution is -0.137. The number of carbonyl (C=O) groups is 1. The van der Waals surface area contributed by atoms with E-state index < -0.39 is 6.10 Å². The average Bonchev–Trinajstić information content (AvgIpc) is 2.20. The minimum atomic E-state index is -0.667. The van der Waals surface area contributed by atoms with Crippen LogP contribution in [-0.2, 0) is 14.3 Å². The van der Waals surface area contributed by atoms with Gasteiger partial charge in [0.05, 0.1) is 13.2 Å². The molecule has 0 aromatic rings. The lowest BCUT2D eigenvalue weighted by Crippen LogP contribution is -2.34. The third-order valence-electron chi connectivity index (χ3n) is 2.01. The second-order valence-electron chi connectivity index (χ2n) is 3.19. The fourth-order valence-electron chi connectivity index (χ4n) is 1.19. The maximum absolute atomic E-state index is 11.4. The van der Waals surface area contributed by atoms with Crippen LogP contribution in [0.4, 0.5) is 0 Å². The van der Waals surface area contributed by atoms with Crippen LogP contribution in [0.3, 0.4) is 0 Å². The van der Waals surface area contributed by atoms with Crippen LogP contribution in [0.1, 0.15) is 13.8 Å². The first-order valence-electron chi connectivity index (χ1n) is 5.18. The summed E-state index contributed by atoms with van der Waals surface area (Å²) in [5, 5.41) is 9.24. The third-order valence-corrected chi connectivity index (χ3v) is 2.01. The van der Waals surface area contributed by atoms with E-state index in [1.165, 1.54) is 7.11 Å². The quantitative estimate of drug-likeness (QED) is 0.618. The van der Waals surface area contributed by atoms with Gasteiger partial charge in [-0.25, -0.2) is 0 Å². The summed E-state index contributed by atoms with van der Waals surface area (Å²) in [6.07, 6.45) is -0.667. The molecule has 15 heavy (non-hydrogen) atoms. The van der Waals surface area contributed by atoms with Crippen molar-refractivity contribution in [1.29, 1.82) is 0 Å². The molecular formula is C10H21NO4. The number of methoxy groups -OCH3 is 1. The molecule has 0 fully saturated rings. The molecule has 5 heteroatoms. The number of hydrogen-bond donors (Lipinski definition) is 1. The van der Waals surface area contributed by atoms with E-state index in [-0.39, 0.29) is 25.7 Å². The normalized spacial score (nSPS) is 12.5. The van der Waals surface area contributed by atoms with Crippen molar-refractivity contribution in [3.05, 3.63) is 0 Å². The van der Waals surface area contributed by atoms with Crippen LogP contribution in [0.2, 0.25) is 0 Å². The maximum Gasteiger partial charge on any atom is 0.248 e. The number of nitrogens with zero attached hydrogens (tertiary/aromatic N) is 1. The topological polar surface area (TPSA) is 59.0 Å². The van der Waals surface area contributed by atoms with E-state index in [4.69, 9.17) is 9.47 Å². The molecule has 0 radical (unpaired) electrons. The van der Waals surface area contributed by atoms with Crippen molar-refractivity contribution in [1.82, 2.24) is 4.90 Å². The SMILES string of the molecule is CCN(CC)C(=O)COCC(O)COC. The zero-order chi connectivity index (χ0) is 11.7. The van der Waals surface area contributed by atoms with Crippen LogP contribution >= 0.6 is 0 Å². The molecular weight excluding hydrogens is 198 g/mol. The molecule has 0 aromatic heterocycles. The van der Waals surface area contributed by atoms with Crippen molar-refractivity contribution in [2.45, 2.75) is 20.0 Å². The van der Waals surface area contributed by atoms with Crippen LogP contribution in [0, 0.1) is 0 Å². The van der Waals surface area contributed by atoms with Gasteiger partial charge in [-0.1, -0.05) is 0 Å². The molecule has 0 spiro atoms. The molecule has 1 atom stereocenters. The first kappa shape index (κ1) is 14.3. The Kier molecular flexibility index (Phi) is 8.27. The Morgan fingerprint density at radius 2 is 1.93 bits per heavy atom. The Morgan fingerprint density at radius 3 is 2.40 bits per heavy atom. The van der Waals surface area contributed by atoms with Crippen molar-refractivity contribution < 1.29 is 19.4 Å². The van der Waals surface area contributed by atoms with Gasteiger partial charge in [-0.15, -0.1) is 0 Å². The van der Waals surface area contributed by atoms with Crippen molar-refractivity contribution >= 4 is 5.91 Å². The first-order valence-corrected chi connectivity index (χ1v) is 5.18. The Hall–Kier alpha value is -0.650. The molecule has 0 saturated carbocycles. The molecule has 0 saturated heterocycles. The summed E-state index contributed by atoms with van der Waals surface area (Å²) in [5.74, 6) is -0.0513. The summed E-state index contributed by atoms with van der Waals surface area (Å²) in [4.78, 5) is 13.1. The summed E-state index contributed by atoms with van der Waals surface area (Å²) in [6.45, 7) is 5.56. The second kappa shape index (κ2) is 8.64. The number of aliphatic hydroxyl groups excluding tert-OH is 1. The second-order valence-corrected chi connectivity index (χ2v) is 3.19. The van der Waals surface area contributed by atoms with Gasteiger partial charge >= 0.3 is 0 Å². The van der Waals surface area contributed by atoms with Crippen molar-refractivity contribution in [2.24, 2.45) is 0 Å². The standard InChI is InChI=1S/C10H21NO4/c1-4-11(5-2)10(13)8-15-7-9(12)6-14-3/h9,12H,4-8H2,1-3H3. The van der Waals surface area contributed by atoms with Gasteiger partial charge < -0.3 is 19.5 Å².